The Morgan fingerprint density at radius 3 is 3.12 bits per heavy atom. The molecule has 0 aromatic carbocycles. The number of thiazole rings is 1. The Bertz CT molecular complexity index is 884. The van der Waals surface area contributed by atoms with E-state index in [1.165, 1.54) is 11.3 Å². The number of pyridine rings is 1. The van der Waals surface area contributed by atoms with Crippen LogP contribution in [0.15, 0.2) is 29.9 Å². The fraction of sp³-hybridized carbons (Fsp3) is 0.214. The van der Waals surface area contributed by atoms with Crippen LogP contribution in [0.3, 0.4) is 0 Å². The Labute approximate surface area is 147 Å². The average molecular weight is 361 g/mol. The zero-order valence-electron chi connectivity index (χ0n) is 12.8. The van der Waals surface area contributed by atoms with Gasteiger partial charge in [-0.1, -0.05) is 0 Å². The zero-order valence-corrected chi connectivity index (χ0v) is 14.4. The molecule has 3 aromatic heterocycles. The number of carbonyl (C=O) groups excluding carboxylic acids is 1. The van der Waals surface area contributed by atoms with Gasteiger partial charge in [-0.05, 0) is 31.3 Å². The summed E-state index contributed by atoms with van der Waals surface area (Å²) in [5.74, 6) is 0.674. The Kier molecular flexibility index (Phi) is 4.96. The lowest BCUT2D eigenvalue weighted by atomic mass is 10.2. The Morgan fingerprint density at radius 1 is 1.50 bits per heavy atom. The van der Waals surface area contributed by atoms with Crippen molar-refractivity contribution in [1.82, 2.24) is 30.0 Å². The maximum atomic E-state index is 12.0. The fourth-order valence-corrected chi connectivity index (χ4v) is 3.08. The molecule has 24 heavy (non-hydrogen) atoms. The summed E-state index contributed by atoms with van der Waals surface area (Å²) in [6, 6.07) is 3.41. The molecule has 0 spiro atoms. The van der Waals surface area contributed by atoms with Crippen molar-refractivity contribution in [2.24, 2.45) is 0 Å². The molecule has 8 nitrogen and oxygen atoms in total. The van der Waals surface area contributed by atoms with Gasteiger partial charge in [0.05, 0.1) is 12.2 Å². The van der Waals surface area contributed by atoms with Crippen molar-refractivity contribution in [3.8, 4) is 11.3 Å². The van der Waals surface area contributed by atoms with Gasteiger partial charge in [0.15, 0.2) is 15.7 Å². The molecule has 0 unspecified atom stereocenters. The lowest BCUT2D eigenvalue weighted by Crippen LogP contribution is -2.29. The number of nitrogens with one attached hydrogen (secondary N) is 3. The number of H-pyrrole nitrogens is 1. The van der Waals surface area contributed by atoms with E-state index in [1.807, 2.05) is 29.0 Å². The standard InChI is InChI=1S/C14H15N7OS2/c1-2-21-11(19-20-14(21)23)7-16-12(22)18-13-17-10(8-24-13)9-4-3-5-15-6-9/h3-6,8H,2,7H2,1H3,(H,20,23)(H2,16,17,18,22). The minimum Gasteiger partial charge on any atom is -0.331 e. The highest BCUT2D eigenvalue weighted by atomic mass is 32.1. The Balaban J connectivity index is 1.59. The third-order valence-corrected chi connectivity index (χ3v) is 4.31. The minimum atomic E-state index is -0.348. The van der Waals surface area contributed by atoms with E-state index in [-0.39, 0.29) is 12.6 Å². The minimum absolute atomic E-state index is 0.271. The number of carbonyl (C=O) groups is 1. The van der Waals surface area contributed by atoms with Crippen LogP contribution in [0, 0.1) is 4.77 Å². The predicted molar refractivity (Wildman–Crippen MR) is 94.3 cm³/mol. The molecule has 10 heteroatoms. The number of nitrogens with zero attached hydrogens (tertiary/aromatic N) is 4. The summed E-state index contributed by atoms with van der Waals surface area (Å²) in [7, 11) is 0. The highest BCUT2D eigenvalue weighted by Crippen LogP contribution is 2.23. The van der Waals surface area contributed by atoms with E-state index >= 15 is 0 Å². The summed E-state index contributed by atoms with van der Waals surface area (Å²) in [6.07, 6.45) is 3.43. The molecule has 0 saturated carbocycles. The fourth-order valence-electron chi connectivity index (χ4n) is 2.09. The van der Waals surface area contributed by atoms with E-state index in [2.05, 4.69) is 30.8 Å². The lowest BCUT2D eigenvalue weighted by molar-refractivity contribution is 0.251. The molecule has 3 rings (SSSR count). The summed E-state index contributed by atoms with van der Waals surface area (Å²) in [6.45, 7) is 2.92. The van der Waals surface area contributed by atoms with Crippen molar-refractivity contribution in [2.75, 3.05) is 5.32 Å². The van der Waals surface area contributed by atoms with E-state index in [0.717, 1.165) is 11.3 Å². The molecule has 0 aliphatic carbocycles. The maximum Gasteiger partial charge on any atom is 0.321 e. The topological polar surface area (TPSA) is 101 Å². The molecule has 0 bridgehead atoms. The average Bonchev–Trinajstić information content (AvgIpc) is 3.20. The summed E-state index contributed by atoms with van der Waals surface area (Å²) in [4.78, 5) is 20.4. The molecule has 0 saturated heterocycles. The molecule has 124 valence electrons. The van der Waals surface area contributed by atoms with Gasteiger partial charge < -0.3 is 9.88 Å². The monoisotopic (exact) mass is 361 g/mol. The van der Waals surface area contributed by atoms with Gasteiger partial charge >= 0.3 is 6.03 Å². The second-order valence-corrected chi connectivity index (χ2v) is 6.02. The van der Waals surface area contributed by atoms with E-state index in [0.29, 0.717) is 22.3 Å². The van der Waals surface area contributed by atoms with E-state index in [1.54, 1.807) is 12.4 Å². The number of aromatic amines is 1. The SMILES string of the molecule is CCn1c(CNC(=O)Nc2nc(-c3cccnc3)cs2)n[nH]c1=S. The second kappa shape index (κ2) is 7.32. The quantitative estimate of drug-likeness (QED) is 0.607. The summed E-state index contributed by atoms with van der Waals surface area (Å²) >= 11 is 6.46. The highest BCUT2D eigenvalue weighted by Gasteiger charge is 2.10. The summed E-state index contributed by atoms with van der Waals surface area (Å²) in [5, 5.41) is 14.6. The van der Waals surface area contributed by atoms with Crippen LogP contribution < -0.4 is 10.6 Å². The first-order valence-electron chi connectivity index (χ1n) is 7.22. The van der Waals surface area contributed by atoms with Crippen molar-refractivity contribution in [3.05, 3.63) is 40.5 Å². The molecule has 0 fully saturated rings. The molecule has 0 aliphatic heterocycles. The number of anilines is 1. The van der Waals surface area contributed by atoms with Crippen molar-refractivity contribution in [2.45, 2.75) is 20.0 Å². The molecular formula is C14H15N7OS2. The van der Waals surface area contributed by atoms with Crippen LogP contribution in [-0.4, -0.2) is 30.8 Å². The van der Waals surface area contributed by atoms with Crippen LogP contribution in [0.2, 0.25) is 0 Å². The first-order valence-corrected chi connectivity index (χ1v) is 8.51. The van der Waals surface area contributed by atoms with E-state index in [9.17, 15) is 4.79 Å². The van der Waals surface area contributed by atoms with Crippen molar-refractivity contribution in [3.63, 3.8) is 0 Å². The van der Waals surface area contributed by atoms with Gasteiger partial charge in [0.1, 0.15) is 0 Å². The Hall–Kier alpha value is -2.59. The number of hydrogen-bond acceptors (Lipinski definition) is 6. The number of aromatic nitrogens is 5. The molecule has 3 aromatic rings. The normalized spacial score (nSPS) is 10.5. The highest BCUT2D eigenvalue weighted by molar-refractivity contribution is 7.71. The van der Waals surface area contributed by atoms with Gasteiger partial charge in [-0.2, -0.15) is 5.10 Å². The van der Waals surface area contributed by atoms with Gasteiger partial charge in [0.2, 0.25) is 0 Å². The molecule has 0 radical (unpaired) electrons. The summed E-state index contributed by atoms with van der Waals surface area (Å²) < 4.78 is 2.36. The third kappa shape index (κ3) is 3.66. The first-order chi connectivity index (χ1) is 11.7. The van der Waals surface area contributed by atoms with E-state index in [4.69, 9.17) is 12.2 Å². The van der Waals surface area contributed by atoms with Crippen LogP contribution >= 0.6 is 23.6 Å². The van der Waals surface area contributed by atoms with Crippen molar-refractivity contribution >= 4 is 34.7 Å². The van der Waals surface area contributed by atoms with Crippen LogP contribution in [0.5, 0.6) is 0 Å². The number of hydrogen-bond donors (Lipinski definition) is 3. The smallest absolute Gasteiger partial charge is 0.321 e. The second-order valence-electron chi connectivity index (χ2n) is 4.78. The predicted octanol–water partition coefficient (Wildman–Crippen LogP) is 2.80. The van der Waals surface area contributed by atoms with Gasteiger partial charge in [-0.15, -0.1) is 11.3 Å². The van der Waals surface area contributed by atoms with Gasteiger partial charge in [-0.3, -0.25) is 15.4 Å². The van der Waals surface area contributed by atoms with Crippen molar-refractivity contribution in [1.29, 1.82) is 0 Å². The van der Waals surface area contributed by atoms with Gasteiger partial charge in [-0.25, -0.2) is 9.78 Å². The van der Waals surface area contributed by atoms with E-state index < -0.39 is 0 Å². The zero-order chi connectivity index (χ0) is 16.9. The molecule has 0 aliphatic rings. The van der Waals surface area contributed by atoms with Crippen molar-refractivity contribution < 1.29 is 4.79 Å². The summed E-state index contributed by atoms with van der Waals surface area (Å²) in [5.41, 5.74) is 1.68. The van der Waals surface area contributed by atoms with Gasteiger partial charge in [0.25, 0.3) is 0 Å². The van der Waals surface area contributed by atoms with Gasteiger partial charge in [0, 0.05) is 29.9 Å². The molecule has 3 heterocycles. The Morgan fingerprint density at radius 2 is 2.38 bits per heavy atom. The third-order valence-electron chi connectivity index (χ3n) is 3.24. The lowest BCUT2D eigenvalue weighted by Gasteiger charge is -2.06. The van der Waals surface area contributed by atoms with Crippen LogP contribution in [0.4, 0.5) is 9.93 Å². The van der Waals surface area contributed by atoms with Crippen LogP contribution in [-0.2, 0) is 13.1 Å². The molecule has 2 amide bonds. The first kappa shape index (κ1) is 16.3. The largest absolute Gasteiger partial charge is 0.331 e. The van der Waals surface area contributed by atoms with Crippen LogP contribution in [0.25, 0.3) is 11.3 Å². The maximum absolute atomic E-state index is 12.0. The molecular weight excluding hydrogens is 346 g/mol. The van der Waals surface area contributed by atoms with Crippen LogP contribution in [0.1, 0.15) is 12.7 Å². The molecule has 0 atom stereocenters. The number of amides is 2. The number of urea groups is 1. The number of rotatable bonds is 5. The molecule has 3 N–H and O–H groups in total.